The molecule has 1 aromatic heterocycles. The maximum absolute atomic E-state index is 9.60. The van der Waals surface area contributed by atoms with Crippen LogP contribution in [0.1, 0.15) is 44.4 Å². The minimum atomic E-state index is 0.131. The third kappa shape index (κ3) is 3.71. The number of hydrogen-bond acceptors (Lipinski definition) is 5. The summed E-state index contributed by atoms with van der Waals surface area (Å²) in [6, 6.07) is 0. The van der Waals surface area contributed by atoms with Gasteiger partial charge < -0.3 is 15.3 Å². The minimum absolute atomic E-state index is 0.131. The average Bonchev–Trinajstić information content (AvgIpc) is 3.11. The van der Waals surface area contributed by atoms with Gasteiger partial charge in [0.05, 0.1) is 0 Å². The lowest BCUT2D eigenvalue weighted by molar-refractivity contribution is 0.128. The normalized spacial score (nSPS) is 17.6. The quantitative estimate of drug-likeness (QED) is 0.774. The second kappa shape index (κ2) is 7.38. The number of aliphatic hydroxyl groups is 1. The van der Waals surface area contributed by atoms with Gasteiger partial charge in [-0.05, 0) is 26.7 Å². The van der Waals surface area contributed by atoms with Crippen LogP contribution < -0.4 is 10.2 Å². The number of aromatic nitrogens is 1. The Kier molecular flexibility index (Phi) is 5.81. The zero-order valence-electron chi connectivity index (χ0n) is 12.7. The van der Waals surface area contributed by atoms with Crippen molar-refractivity contribution in [2.75, 3.05) is 31.1 Å². The summed E-state index contributed by atoms with van der Waals surface area (Å²) in [4.78, 5) is 8.06. The fourth-order valence-electron chi connectivity index (χ4n) is 2.99. The topological polar surface area (TPSA) is 48.4 Å². The van der Waals surface area contributed by atoms with Crippen LogP contribution in [0.15, 0.2) is 6.20 Å². The SMILES string of the molecule is CCN(CC)c1ncc(CNCC2(CO)CCCC2)s1. The molecule has 1 aliphatic rings. The highest BCUT2D eigenvalue weighted by Crippen LogP contribution is 2.37. The second-order valence-corrected chi connectivity index (χ2v) is 6.84. The molecular formula is C15H27N3OS. The van der Waals surface area contributed by atoms with Gasteiger partial charge in [0, 0.05) is 49.3 Å². The van der Waals surface area contributed by atoms with Crippen molar-refractivity contribution in [3.8, 4) is 0 Å². The zero-order chi connectivity index (χ0) is 14.4. The van der Waals surface area contributed by atoms with Crippen LogP contribution in [0.5, 0.6) is 0 Å². The first-order chi connectivity index (χ1) is 9.73. The molecule has 0 saturated heterocycles. The van der Waals surface area contributed by atoms with Gasteiger partial charge in [-0.1, -0.05) is 12.8 Å². The molecule has 0 unspecified atom stereocenters. The van der Waals surface area contributed by atoms with Gasteiger partial charge in [-0.2, -0.15) is 0 Å². The Morgan fingerprint density at radius 2 is 2.05 bits per heavy atom. The number of thiazole rings is 1. The van der Waals surface area contributed by atoms with Crippen LogP contribution in [0.3, 0.4) is 0 Å². The van der Waals surface area contributed by atoms with E-state index in [0.717, 1.165) is 44.2 Å². The Morgan fingerprint density at radius 3 is 2.65 bits per heavy atom. The Bertz CT molecular complexity index is 398. The van der Waals surface area contributed by atoms with E-state index in [4.69, 9.17) is 0 Å². The van der Waals surface area contributed by atoms with Crippen LogP contribution >= 0.6 is 11.3 Å². The molecule has 4 nitrogen and oxygen atoms in total. The van der Waals surface area contributed by atoms with Crippen molar-refractivity contribution in [1.29, 1.82) is 0 Å². The van der Waals surface area contributed by atoms with Gasteiger partial charge >= 0.3 is 0 Å². The van der Waals surface area contributed by atoms with Crippen LogP contribution in [0.2, 0.25) is 0 Å². The van der Waals surface area contributed by atoms with E-state index in [9.17, 15) is 5.11 Å². The summed E-state index contributed by atoms with van der Waals surface area (Å²) < 4.78 is 0. The Morgan fingerprint density at radius 1 is 1.35 bits per heavy atom. The molecule has 114 valence electrons. The first-order valence-corrected chi connectivity index (χ1v) is 8.56. The van der Waals surface area contributed by atoms with E-state index >= 15 is 0 Å². The molecule has 0 aliphatic heterocycles. The standard InChI is InChI=1S/C15H27N3OS/c1-3-18(4-2)14-17-10-13(20-14)9-16-11-15(12-19)7-5-6-8-15/h10,16,19H,3-9,11-12H2,1-2H3. The number of aliphatic hydroxyl groups excluding tert-OH is 1. The zero-order valence-corrected chi connectivity index (χ0v) is 13.5. The van der Waals surface area contributed by atoms with E-state index in [1.807, 2.05) is 6.20 Å². The molecule has 5 heteroatoms. The Labute approximate surface area is 126 Å². The van der Waals surface area contributed by atoms with Crippen molar-refractivity contribution in [2.45, 2.75) is 46.1 Å². The maximum atomic E-state index is 9.60. The Balaban J connectivity index is 1.82. The predicted molar refractivity (Wildman–Crippen MR) is 85.4 cm³/mol. The fraction of sp³-hybridized carbons (Fsp3) is 0.800. The van der Waals surface area contributed by atoms with Crippen molar-refractivity contribution in [1.82, 2.24) is 10.3 Å². The number of rotatable bonds is 8. The lowest BCUT2D eigenvalue weighted by Gasteiger charge is -2.26. The summed E-state index contributed by atoms with van der Waals surface area (Å²) >= 11 is 1.77. The second-order valence-electron chi connectivity index (χ2n) is 5.75. The van der Waals surface area contributed by atoms with Crippen LogP contribution in [0.4, 0.5) is 5.13 Å². The molecule has 0 spiro atoms. The summed E-state index contributed by atoms with van der Waals surface area (Å²) in [5, 5.41) is 14.2. The van der Waals surface area contributed by atoms with Crippen LogP contribution in [0, 0.1) is 5.41 Å². The molecule has 2 N–H and O–H groups in total. The number of nitrogens with one attached hydrogen (secondary N) is 1. The van der Waals surface area contributed by atoms with Crippen molar-refractivity contribution < 1.29 is 5.11 Å². The van der Waals surface area contributed by atoms with Gasteiger partial charge in [-0.3, -0.25) is 0 Å². The molecule has 2 rings (SSSR count). The van der Waals surface area contributed by atoms with Crippen LogP contribution in [-0.4, -0.2) is 36.3 Å². The summed E-state index contributed by atoms with van der Waals surface area (Å²) in [6.07, 6.45) is 6.81. The van der Waals surface area contributed by atoms with Gasteiger partial charge in [0.25, 0.3) is 0 Å². The highest BCUT2D eigenvalue weighted by molar-refractivity contribution is 7.15. The molecule has 1 saturated carbocycles. The van der Waals surface area contributed by atoms with Gasteiger partial charge in [0.1, 0.15) is 0 Å². The van der Waals surface area contributed by atoms with E-state index in [1.165, 1.54) is 17.7 Å². The average molecular weight is 297 g/mol. The molecule has 1 aliphatic carbocycles. The Hall–Kier alpha value is -0.650. The molecule has 1 heterocycles. The van der Waals surface area contributed by atoms with Crippen molar-refractivity contribution in [3.05, 3.63) is 11.1 Å². The maximum Gasteiger partial charge on any atom is 0.185 e. The summed E-state index contributed by atoms with van der Waals surface area (Å²) in [7, 11) is 0. The van der Waals surface area contributed by atoms with Crippen molar-refractivity contribution >= 4 is 16.5 Å². The third-order valence-corrected chi connectivity index (χ3v) is 5.43. The fourth-order valence-corrected chi connectivity index (χ4v) is 3.99. The van der Waals surface area contributed by atoms with Crippen LogP contribution in [-0.2, 0) is 6.54 Å². The van der Waals surface area contributed by atoms with Gasteiger partial charge in [0.15, 0.2) is 5.13 Å². The lowest BCUT2D eigenvalue weighted by atomic mass is 9.87. The van der Waals surface area contributed by atoms with E-state index in [0.29, 0.717) is 6.61 Å². The number of hydrogen-bond donors (Lipinski definition) is 2. The van der Waals surface area contributed by atoms with Crippen LogP contribution in [0.25, 0.3) is 0 Å². The third-order valence-electron chi connectivity index (χ3n) is 4.37. The summed E-state index contributed by atoms with van der Waals surface area (Å²) in [5.74, 6) is 0. The molecule has 1 aromatic rings. The first-order valence-electron chi connectivity index (χ1n) is 7.74. The largest absolute Gasteiger partial charge is 0.396 e. The lowest BCUT2D eigenvalue weighted by Crippen LogP contribution is -2.34. The van der Waals surface area contributed by atoms with Crippen molar-refractivity contribution in [3.63, 3.8) is 0 Å². The highest BCUT2D eigenvalue weighted by atomic mass is 32.1. The smallest absolute Gasteiger partial charge is 0.185 e. The minimum Gasteiger partial charge on any atom is -0.396 e. The van der Waals surface area contributed by atoms with E-state index in [-0.39, 0.29) is 5.41 Å². The summed E-state index contributed by atoms with van der Waals surface area (Å²) in [5.41, 5.74) is 0.131. The van der Waals surface area contributed by atoms with Gasteiger partial charge in [-0.25, -0.2) is 4.98 Å². The van der Waals surface area contributed by atoms with E-state index < -0.39 is 0 Å². The molecule has 0 atom stereocenters. The molecule has 1 fully saturated rings. The van der Waals surface area contributed by atoms with Gasteiger partial charge in [-0.15, -0.1) is 11.3 Å². The molecule has 20 heavy (non-hydrogen) atoms. The molecule has 0 bridgehead atoms. The van der Waals surface area contributed by atoms with E-state index in [2.05, 4.69) is 29.0 Å². The first kappa shape index (κ1) is 15.7. The summed E-state index contributed by atoms with van der Waals surface area (Å²) in [6.45, 7) is 8.42. The van der Waals surface area contributed by atoms with Gasteiger partial charge in [0.2, 0.25) is 0 Å². The van der Waals surface area contributed by atoms with E-state index in [1.54, 1.807) is 11.3 Å². The molecular weight excluding hydrogens is 270 g/mol. The molecule has 0 aromatic carbocycles. The monoisotopic (exact) mass is 297 g/mol. The molecule has 0 amide bonds. The predicted octanol–water partition coefficient (Wildman–Crippen LogP) is 2.63. The van der Waals surface area contributed by atoms with Crippen molar-refractivity contribution in [2.24, 2.45) is 5.41 Å². The number of nitrogens with zero attached hydrogens (tertiary/aromatic N) is 2. The number of anilines is 1. The molecule has 0 radical (unpaired) electrons. The highest BCUT2D eigenvalue weighted by Gasteiger charge is 2.32.